The third kappa shape index (κ3) is 1.76. The lowest BCUT2D eigenvalue weighted by Gasteiger charge is -2.11. The highest BCUT2D eigenvalue weighted by atomic mass is 16.5. The van der Waals surface area contributed by atoms with Crippen molar-refractivity contribution in [2.75, 3.05) is 7.11 Å². The topological polar surface area (TPSA) is 39.2 Å². The van der Waals surface area contributed by atoms with Crippen LogP contribution in [-0.2, 0) is 4.74 Å². The molecule has 1 aromatic heterocycles. The first-order chi connectivity index (χ1) is 10.8. The van der Waals surface area contributed by atoms with E-state index in [1.54, 1.807) is 0 Å². The van der Waals surface area contributed by atoms with Gasteiger partial charge >= 0.3 is 5.97 Å². The number of pyridine rings is 1. The highest BCUT2D eigenvalue weighted by molar-refractivity contribution is 6.21. The lowest BCUT2D eigenvalue weighted by molar-refractivity contribution is 0.0605. The molecule has 0 saturated heterocycles. The Morgan fingerprint density at radius 1 is 0.864 bits per heavy atom. The van der Waals surface area contributed by atoms with Gasteiger partial charge in [-0.25, -0.2) is 9.78 Å². The van der Waals surface area contributed by atoms with Gasteiger partial charge < -0.3 is 4.74 Å². The number of methoxy groups -OCH3 is 1. The molecule has 0 saturated carbocycles. The fourth-order valence-electron chi connectivity index (χ4n) is 2.98. The van der Waals surface area contributed by atoms with Crippen LogP contribution in [0.4, 0.5) is 0 Å². The summed E-state index contributed by atoms with van der Waals surface area (Å²) in [5.41, 5.74) is 2.18. The zero-order valence-corrected chi connectivity index (χ0v) is 12.0. The van der Waals surface area contributed by atoms with Crippen molar-refractivity contribution < 1.29 is 9.53 Å². The lowest BCUT2D eigenvalue weighted by atomic mass is 9.97. The number of esters is 1. The van der Waals surface area contributed by atoms with Crippen LogP contribution in [0, 0.1) is 0 Å². The number of nitrogens with zero attached hydrogens (tertiary/aromatic N) is 1. The zero-order chi connectivity index (χ0) is 15.1. The normalized spacial score (nSPS) is 11.1. The average molecular weight is 287 g/mol. The minimum Gasteiger partial charge on any atom is -0.465 e. The second kappa shape index (κ2) is 4.81. The summed E-state index contributed by atoms with van der Waals surface area (Å²) in [6.45, 7) is 0. The van der Waals surface area contributed by atoms with E-state index in [1.807, 2.05) is 60.7 Å². The number of carbonyl (C=O) groups excluding carboxylic acids is 1. The van der Waals surface area contributed by atoms with Gasteiger partial charge in [-0.3, -0.25) is 0 Å². The number of rotatable bonds is 1. The monoisotopic (exact) mass is 287 g/mol. The van der Waals surface area contributed by atoms with E-state index in [0.717, 1.165) is 32.6 Å². The number of fused-ring (bicyclic) bond motifs is 4. The lowest BCUT2D eigenvalue weighted by Crippen LogP contribution is -2.04. The average Bonchev–Trinajstić information content (AvgIpc) is 2.59. The van der Waals surface area contributed by atoms with Crippen molar-refractivity contribution in [2.24, 2.45) is 0 Å². The molecule has 0 aliphatic heterocycles. The molecule has 4 aromatic rings. The molecule has 0 aliphatic rings. The van der Waals surface area contributed by atoms with Gasteiger partial charge in [-0.05, 0) is 22.9 Å². The molecule has 3 nitrogen and oxygen atoms in total. The van der Waals surface area contributed by atoms with E-state index in [-0.39, 0.29) is 5.97 Å². The number of para-hydroxylation sites is 1. The fraction of sp³-hybridized carbons (Fsp3) is 0.0526. The maximum atomic E-state index is 12.4. The van der Waals surface area contributed by atoms with Crippen LogP contribution in [0.1, 0.15) is 10.4 Å². The summed E-state index contributed by atoms with van der Waals surface area (Å²) in [5, 5.41) is 3.76. The van der Waals surface area contributed by atoms with E-state index in [1.165, 1.54) is 7.11 Å². The number of carbonyl (C=O) groups is 1. The number of hydrogen-bond acceptors (Lipinski definition) is 3. The number of hydrogen-bond donors (Lipinski definition) is 0. The predicted octanol–water partition coefficient (Wildman–Crippen LogP) is 4.33. The van der Waals surface area contributed by atoms with Gasteiger partial charge in [-0.1, -0.05) is 48.5 Å². The summed E-state index contributed by atoms with van der Waals surface area (Å²) in [6, 6.07) is 19.6. The fourth-order valence-corrected chi connectivity index (χ4v) is 2.98. The van der Waals surface area contributed by atoms with Crippen molar-refractivity contribution in [3.05, 3.63) is 66.2 Å². The standard InChI is InChI=1S/C19H13NO2/c1-22-19(21)18-14-8-4-5-9-15(14)20-16-11-10-12-6-2-3-7-13(12)17(16)18/h2-11H,1H3. The molecule has 106 valence electrons. The smallest absolute Gasteiger partial charge is 0.339 e. The molecule has 0 N–H and O–H groups in total. The Morgan fingerprint density at radius 3 is 2.41 bits per heavy atom. The van der Waals surface area contributed by atoms with Crippen molar-refractivity contribution in [3.63, 3.8) is 0 Å². The molecular formula is C19H13NO2. The molecule has 0 unspecified atom stereocenters. The van der Waals surface area contributed by atoms with Crippen LogP contribution in [0.3, 0.4) is 0 Å². The second-order valence-electron chi connectivity index (χ2n) is 5.18. The first-order valence-corrected chi connectivity index (χ1v) is 7.08. The van der Waals surface area contributed by atoms with Crippen LogP contribution in [0.5, 0.6) is 0 Å². The number of ether oxygens (including phenoxy) is 1. The highest BCUT2D eigenvalue weighted by Gasteiger charge is 2.18. The molecule has 0 amide bonds. The van der Waals surface area contributed by atoms with Gasteiger partial charge in [-0.15, -0.1) is 0 Å². The highest BCUT2D eigenvalue weighted by Crippen LogP contribution is 2.32. The Labute approximate surface area is 127 Å². The maximum Gasteiger partial charge on any atom is 0.339 e. The van der Waals surface area contributed by atoms with Gasteiger partial charge in [0.25, 0.3) is 0 Å². The van der Waals surface area contributed by atoms with Crippen molar-refractivity contribution in [2.45, 2.75) is 0 Å². The molecule has 0 aliphatic carbocycles. The van der Waals surface area contributed by atoms with Gasteiger partial charge in [0.1, 0.15) is 0 Å². The molecule has 0 spiro atoms. The van der Waals surface area contributed by atoms with Crippen LogP contribution < -0.4 is 0 Å². The first kappa shape index (κ1) is 12.8. The molecule has 0 bridgehead atoms. The van der Waals surface area contributed by atoms with Crippen molar-refractivity contribution in [1.82, 2.24) is 4.98 Å². The van der Waals surface area contributed by atoms with Crippen LogP contribution >= 0.6 is 0 Å². The van der Waals surface area contributed by atoms with Gasteiger partial charge in [-0.2, -0.15) is 0 Å². The third-order valence-corrected chi connectivity index (χ3v) is 3.96. The Balaban J connectivity index is 2.32. The zero-order valence-electron chi connectivity index (χ0n) is 12.0. The molecule has 1 heterocycles. The van der Waals surface area contributed by atoms with Crippen molar-refractivity contribution in [3.8, 4) is 0 Å². The van der Waals surface area contributed by atoms with Gasteiger partial charge in [0.2, 0.25) is 0 Å². The minimum atomic E-state index is -0.333. The SMILES string of the molecule is COC(=O)c1c2ccccc2nc2ccc3ccccc3c12. The summed E-state index contributed by atoms with van der Waals surface area (Å²) in [7, 11) is 1.41. The molecule has 0 radical (unpaired) electrons. The Kier molecular flexibility index (Phi) is 2.79. The largest absolute Gasteiger partial charge is 0.465 e. The molecule has 22 heavy (non-hydrogen) atoms. The summed E-state index contributed by atoms with van der Waals surface area (Å²) < 4.78 is 5.03. The minimum absolute atomic E-state index is 0.333. The molecule has 0 fully saturated rings. The van der Waals surface area contributed by atoms with Gasteiger partial charge in [0.15, 0.2) is 0 Å². The molecular weight excluding hydrogens is 274 g/mol. The van der Waals surface area contributed by atoms with E-state index >= 15 is 0 Å². The van der Waals surface area contributed by atoms with Gasteiger partial charge in [0, 0.05) is 10.8 Å². The Morgan fingerprint density at radius 2 is 1.59 bits per heavy atom. The van der Waals surface area contributed by atoms with Crippen LogP contribution in [0.25, 0.3) is 32.6 Å². The second-order valence-corrected chi connectivity index (χ2v) is 5.18. The third-order valence-electron chi connectivity index (χ3n) is 3.96. The van der Waals surface area contributed by atoms with Crippen molar-refractivity contribution in [1.29, 1.82) is 0 Å². The van der Waals surface area contributed by atoms with E-state index in [9.17, 15) is 4.79 Å². The van der Waals surface area contributed by atoms with E-state index in [4.69, 9.17) is 9.72 Å². The maximum absolute atomic E-state index is 12.4. The van der Waals surface area contributed by atoms with Crippen LogP contribution in [-0.4, -0.2) is 18.1 Å². The summed E-state index contributed by atoms with van der Waals surface area (Å²) >= 11 is 0. The van der Waals surface area contributed by atoms with Gasteiger partial charge in [0.05, 0.1) is 23.7 Å². The van der Waals surface area contributed by atoms with Crippen LogP contribution in [0.15, 0.2) is 60.7 Å². The molecule has 3 aromatic carbocycles. The quantitative estimate of drug-likeness (QED) is 0.297. The number of aromatic nitrogens is 1. The van der Waals surface area contributed by atoms with E-state index in [0.29, 0.717) is 5.56 Å². The van der Waals surface area contributed by atoms with E-state index < -0.39 is 0 Å². The summed E-state index contributed by atoms with van der Waals surface area (Å²) in [4.78, 5) is 17.1. The Bertz CT molecular complexity index is 1040. The molecule has 0 atom stereocenters. The van der Waals surface area contributed by atoms with E-state index in [2.05, 4.69) is 0 Å². The number of benzene rings is 3. The predicted molar refractivity (Wildman–Crippen MR) is 88.1 cm³/mol. The van der Waals surface area contributed by atoms with Crippen molar-refractivity contribution >= 4 is 38.5 Å². The molecule has 3 heteroatoms. The van der Waals surface area contributed by atoms with Crippen LogP contribution in [0.2, 0.25) is 0 Å². The molecule has 4 rings (SSSR count). The first-order valence-electron chi connectivity index (χ1n) is 7.08. The summed E-state index contributed by atoms with van der Waals surface area (Å²) in [6.07, 6.45) is 0. The summed E-state index contributed by atoms with van der Waals surface area (Å²) in [5.74, 6) is -0.333. The Hall–Kier alpha value is -2.94.